The molecule has 19 heavy (non-hydrogen) atoms. The van der Waals surface area contributed by atoms with E-state index in [-0.39, 0.29) is 0 Å². The van der Waals surface area contributed by atoms with E-state index in [1.807, 2.05) is 12.1 Å². The fourth-order valence-corrected chi connectivity index (χ4v) is 2.30. The van der Waals surface area contributed by atoms with Gasteiger partial charge >= 0.3 is 0 Å². The van der Waals surface area contributed by atoms with Crippen LogP contribution in [0.5, 0.6) is 0 Å². The summed E-state index contributed by atoms with van der Waals surface area (Å²) in [6, 6.07) is 15.1. The SMILES string of the molecule is CC(Cc1ccco1)NCCC(C)c1ccccc1. The van der Waals surface area contributed by atoms with Gasteiger partial charge in [0.15, 0.2) is 0 Å². The topological polar surface area (TPSA) is 25.2 Å². The van der Waals surface area contributed by atoms with Gasteiger partial charge in [-0.25, -0.2) is 0 Å². The van der Waals surface area contributed by atoms with Crippen LogP contribution in [-0.4, -0.2) is 12.6 Å². The predicted octanol–water partition coefficient (Wildman–Crippen LogP) is 3.99. The van der Waals surface area contributed by atoms with Crippen molar-refractivity contribution in [1.29, 1.82) is 0 Å². The van der Waals surface area contributed by atoms with E-state index in [9.17, 15) is 0 Å². The van der Waals surface area contributed by atoms with Crippen LogP contribution in [0.3, 0.4) is 0 Å². The van der Waals surface area contributed by atoms with Crippen LogP contribution in [-0.2, 0) is 6.42 Å². The molecule has 0 aliphatic carbocycles. The zero-order valence-electron chi connectivity index (χ0n) is 11.8. The number of benzene rings is 1. The Bertz CT molecular complexity index is 449. The molecule has 0 radical (unpaired) electrons. The summed E-state index contributed by atoms with van der Waals surface area (Å²) in [7, 11) is 0. The van der Waals surface area contributed by atoms with Gasteiger partial charge in [-0.15, -0.1) is 0 Å². The van der Waals surface area contributed by atoms with E-state index in [0.29, 0.717) is 12.0 Å². The molecule has 2 heteroatoms. The van der Waals surface area contributed by atoms with Crippen LogP contribution in [0.1, 0.15) is 37.5 Å². The Morgan fingerprint density at radius 1 is 1.05 bits per heavy atom. The first-order valence-electron chi connectivity index (χ1n) is 7.06. The minimum atomic E-state index is 0.453. The maximum absolute atomic E-state index is 5.36. The van der Waals surface area contributed by atoms with Gasteiger partial charge < -0.3 is 9.73 Å². The molecule has 1 aromatic carbocycles. The second-order valence-electron chi connectivity index (χ2n) is 5.24. The average Bonchev–Trinajstić information content (AvgIpc) is 2.92. The molecule has 2 nitrogen and oxygen atoms in total. The number of rotatable bonds is 7. The first-order valence-corrected chi connectivity index (χ1v) is 7.06. The maximum Gasteiger partial charge on any atom is 0.105 e. The number of hydrogen-bond donors (Lipinski definition) is 1. The lowest BCUT2D eigenvalue weighted by atomic mass is 9.98. The Labute approximate surface area is 115 Å². The number of furan rings is 1. The molecule has 0 amide bonds. The second kappa shape index (κ2) is 7.15. The summed E-state index contributed by atoms with van der Waals surface area (Å²) in [4.78, 5) is 0. The molecule has 0 aliphatic rings. The third-order valence-corrected chi connectivity index (χ3v) is 3.53. The molecule has 0 fully saturated rings. The molecule has 2 rings (SSSR count). The van der Waals surface area contributed by atoms with Crippen LogP contribution in [0.4, 0.5) is 0 Å². The molecule has 0 aliphatic heterocycles. The van der Waals surface area contributed by atoms with Crippen molar-refractivity contribution in [2.45, 2.75) is 38.6 Å². The van der Waals surface area contributed by atoms with Crippen molar-refractivity contribution in [3.8, 4) is 0 Å². The molecule has 0 bridgehead atoms. The fraction of sp³-hybridized carbons (Fsp3) is 0.412. The minimum absolute atomic E-state index is 0.453. The van der Waals surface area contributed by atoms with Crippen molar-refractivity contribution in [3.63, 3.8) is 0 Å². The smallest absolute Gasteiger partial charge is 0.105 e. The highest BCUT2D eigenvalue weighted by molar-refractivity contribution is 5.18. The van der Waals surface area contributed by atoms with Crippen molar-refractivity contribution >= 4 is 0 Å². The van der Waals surface area contributed by atoms with Gasteiger partial charge in [0.1, 0.15) is 5.76 Å². The predicted molar refractivity (Wildman–Crippen MR) is 79.4 cm³/mol. The summed E-state index contributed by atoms with van der Waals surface area (Å²) in [5.41, 5.74) is 1.42. The van der Waals surface area contributed by atoms with E-state index in [2.05, 4.69) is 49.5 Å². The van der Waals surface area contributed by atoms with E-state index in [0.717, 1.165) is 25.1 Å². The van der Waals surface area contributed by atoms with Crippen molar-refractivity contribution in [3.05, 3.63) is 60.1 Å². The van der Waals surface area contributed by atoms with E-state index >= 15 is 0 Å². The highest BCUT2D eigenvalue weighted by Crippen LogP contribution is 2.17. The van der Waals surface area contributed by atoms with Crippen molar-refractivity contribution in [2.75, 3.05) is 6.54 Å². The van der Waals surface area contributed by atoms with Gasteiger partial charge in [-0.3, -0.25) is 0 Å². The standard InChI is InChI=1S/C17H23NO/c1-14(16-7-4-3-5-8-16)10-11-18-15(2)13-17-9-6-12-19-17/h3-9,12,14-15,18H,10-11,13H2,1-2H3. The van der Waals surface area contributed by atoms with E-state index in [1.165, 1.54) is 5.56 Å². The van der Waals surface area contributed by atoms with Gasteiger partial charge in [0.25, 0.3) is 0 Å². The molecule has 0 saturated carbocycles. The zero-order valence-corrected chi connectivity index (χ0v) is 11.8. The zero-order chi connectivity index (χ0) is 13.5. The van der Waals surface area contributed by atoms with Crippen LogP contribution in [0, 0.1) is 0 Å². The Morgan fingerprint density at radius 3 is 2.53 bits per heavy atom. The molecule has 2 atom stereocenters. The largest absolute Gasteiger partial charge is 0.469 e. The summed E-state index contributed by atoms with van der Waals surface area (Å²) in [5.74, 6) is 1.65. The van der Waals surface area contributed by atoms with Crippen LogP contribution < -0.4 is 5.32 Å². The molecular formula is C17H23NO. The van der Waals surface area contributed by atoms with Crippen LogP contribution in [0.2, 0.25) is 0 Å². The minimum Gasteiger partial charge on any atom is -0.469 e. The van der Waals surface area contributed by atoms with Crippen molar-refractivity contribution in [2.24, 2.45) is 0 Å². The van der Waals surface area contributed by atoms with Crippen LogP contribution in [0.25, 0.3) is 0 Å². The Balaban J connectivity index is 1.68. The van der Waals surface area contributed by atoms with Gasteiger partial charge in [0, 0.05) is 12.5 Å². The van der Waals surface area contributed by atoms with Gasteiger partial charge in [-0.2, -0.15) is 0 Å². The number of nitrogens with one attached hydrogen (secondary N) is 1. The molecule has 1 aromatic heterocycles. The first-order chi connectivity index (χ1) is 9.25. The quantitative estimate of drug-likeness (QED) is 0.811. The summed E-state index contributed by atoms with van der Waals surface area (Å²) in [6.45, 7) is 5.53. The normalized spacial score (nSPS) is 14.2. The van der Waals surface area contributed by atoms with E-state index < -0.39 is 0 Å². The second-order valence-corrected chi connectivity index (χ2v) is 5.24. The molecule has 0 spiro atoms. The Morgan fingerprint density at radius 2 is 1.84 bits per heavy atom. The maximum atomic E-state index is 5.36. The third kappa shape index (κ3) is 4.56. The molecule has 2 unspecified atom stereocenters. The summed E-state index contributed by atoms with van der Waals surface area (Å²) < 4.78 is 5.36. The lowest BCUT2D eigenvalue weighted by Gasteiger charge is -2.16. The molecule has 2 aromatic rings. The lowest BCUT2D eigenvalue weighted by Crippen LogP contribution is -2.29. The molecular weight excluding hydrogens is 234 g/mol. The van der Waals surface area contributed by atoms with E-state index in [4.69, 9.17) is 4.42 Å². The molecule has 1 N–H and O–H groups in total. The van der Waals surface area contributed by atoms with Gasteiger partial charge in [0.05, 0.1) is 6.26 Å². The van der Waals surface area contributed by atoms with Crippen molar-refractivity contribution < 1.29 is 4.42 Å². The summed E-state index contributed by atoms with van der Waals surface area (Å²) >= 11 is 0. The highest BCUT2D eigenvalue weighted by atomic mass is 16.3. The van der Waals surface area contributed by atoms with E-state index in [1.54, 1.807) is 6.26 Å². The van der Waals surface area contributed by atoms with Gasteiger partial charge in [0.2, 0.25) is 0 Å². The molecule has 0 saturated heterocycles. The average molecular weight is 257 g/mol. The molecule has 102 valence electrons. The summed E-state index contributed by atoms with van der Waals surface area (Å²) in [6.07, 6.45) is 3.85. The number of hydrogen-bond acceptors (Lipinski definition) is 2. The fourth-order valence-electron chi connectivity index (χ4n) is 2.30. The first kappa shape index (κ1) is 13.9. The van der Waals surface area contributed by atoms with Crippen molar-refractivity contribution in [1.82, 2.24) is 5.32 Å². The lowest BCUT2D eigenvalue weighted by molar-refractivity contribution is 0.449. The summed E-state index contributed by atoms with van der Waals surface area (Å²) in [5, 5.41) is 3.56. The third-order valence-electron chi connectivity index (χ3n) is 3.53. The Hall–Kier alpha value is -1.54. The Kier molecular flexibility index (Phi) is 5.22. The monoisotopic (exact) mass is 257 g/mol. The van der Waals surface area contributed by atoms with Gasteiger partial charge in [-0.05, 0) is 43.5 Å². The van der Waals surface area contributed by atoms with Crippen LogP contribution >= 0.6 is 0 Å². The highest BCUT2D eigenvalue weighted by Gasteiger charge is 2.07. The van der Waals surface area contributed by atoms with Gasteiger partial charge in [-0.1, -0.05) is 37.3 Å². The molecule has 1 heterocycles. The van der Waals surface area contributed by atoms with Crippen LogP contribution in [0.15, 0.2) is 53.1 Å².